The number of hydrogen-bond donors (Lipinski definition) is 1. The van der Waals surface area contributed by atoms with Crippen LogP contribution in [-0.4, -0.2) is 15.9 Å². The Balaban J connectivity index is 1.87. The van der Waals surface area contributed by atoms with E-state index in [1.165, 1.54) is 5.56 Å². The predicted octanol–water partition coefficient (Wildman–Crippen LogP) is 4.75. The van der Waals surface area contributed by atoms with Crippen LogP contribution in [0.5, 0.6) is 11.5 Å². The second-order valence-corrected chi connectivity index (χ2v) is 7.25. The number of ether oxygens (including phenoxy) is 1. The highest BCUT2D eigenvalue weighted by Gasteiger charge is 2.14. The van der Waals surface area contributed by atoms with Gasteiger partial charge >= 0.3 is 0 Å². The molecule has 5 heteroatoms. The van der Waals surface area contributed by atoms with Crippen molar-refractivity contribution >= 4 is 12.2 Å². The first kappa shape index (κ1) is 17.7. The molecule has 0 bridgehead atoms. The van der Waals surface area contributed by atoms with E-state index in [0.717, 1.165) is 22.8 Å². The number of nitrogen functional groups attached to an aromatic ring is 1. The van der Waals surface area contributed by atoms with Crippen molar-refractivity contribution in [2.45, 2.75) is 33.1 Å². The number of nitrogens with two attached hydrogens (primary N) is 1. The Hall–Kier alpha value is -3.08. The molecule has 0 radical (unpaired) electrons. The fourth-order valence-electron chi connectivity index (χ4n) is 2.55. The highest BCUT2D eigenvalue weighted by atomic mass is 16.5. The Labute approximate surface area is 154 Å². The van der Waals surface area contributed by atoms with Crippen molar-refractivity contribution in [2.75, 3.05) is 5.73 Å². The molecule has 0 unspecified atom stereocenters. The van der Waals surface area contributed by atoms with Crippen molar-refractivity contribution in [3.63, 3.8) is 0 Å². The predicted molar refractivity (Wildman–Crippen MR) is 106 cm³/mol. The number of nitrogens with zero attached hydrogens (tertiary/aromatic N) is 3. The maximum Gasteiger partial charge on any atom is 0.221 e. The Morgan fingerprint density at radius 2 is 1.88 bits per heavy atom. The van der Waals surface area contributed by atoms with Gasteiger partial charge in [-0.25, -0.2) is 9.66 Å². The lowest BCUT2D eigenvalue weighted by Crippen LogP contribution is -2.10. The van der Waals surface area contributed by atoms with Crippen LogP contribution in [0.2, 0.25) is 0 Å². The summed E-state index contributed by atoms with van der Waals surface area (Å²) >= 11 is 0. The Morgan fingerprint density at radius 1 is 1.12 bits per heavy atom. The first-order valence-electron chi connectivity index (χ1n) is 8.56. The van der Waals surface area contributed by atoms with E-state index < -0.39 is 0 Å². The fourth-order valence-corrected chi connectivity index (χ4v) is 2.55. The van der Waals surface area contributed by atoms with Crippen LogP contribution < -0.4 is 10.5 Å². The molecule has 0 spiro atoms. The van der Waals surface area contributed by atoms with Crippen LogP contribution in [0.1, 0.15) is 37.6 Å². The normalized spacial score (nSPS) is 11.8. The quantitative estimate of drug-likeness (QED) is 0.692. The number of aryl methyl sites for hydroxylation is 1. The molecule has 3 rings (SSSR count). The van der Waals surface area contributed by atoms with E-state index >= 15 is 0 Å². The number of imidazole rings is 1. The molecule has 0 amide bonds. The average Bonchev–Trinajstić information content (AvgIpc) is 2.91. The van der Waals surface area contributed by atoms with E-state index in [1.807, 2.05) is 43.3 Å². The lowest BCUT2D eigenvalue weighted by Gasteiger charge is -2.20. The van der Waals surface area contributed by atoms with Crippen LogP contribution in [0.15, 0.2) is 59.8 Å². The zero-order valence-electron chi connectivity index (χ0n) is 15.6. The molecule has 0 fully saturated rings. The van der Waals surface area contributed by atoms with Crippen molar-refractivity contribution in [2.24, 2.45) is 5.10 Å². The molecule has 0 aliphatic carbocycles. The standard InChI is InChI=1S/C21H24N4O/c1-15-14-25(20(22)24-15)23-13-16-8-5-6-11-19(16)26-18-10-7-9-17(12-18)21(2,3)4/h5-14H,1-4H3,(H2,22,24). The summed E-state index contributed by atoms with van der Waals surface area (Å²) in [6.45, 7) is 8.43. The van der Waals surface area contributed by atoms with E-state index in [9.17, 15) is 0 Å². The van der Waals surface area contributed by atoms with Gasteiger partial charge < -0.3 is 10.5 Å². The lowest BCUT2D eigenvalue weighted by atomic mass is 9.87. The monoisotopic (exact) mass is 348 g/mol. The third kappa shape index (κ3) is 4.11. The summed E-state index contributed by atoms with van der Waals surface area (Å²) < 4.78 is 7.67. The van der Waals surface area contributed by atoms with Crippen molar-refractivity contribution in [3.05, 3.63) is 71.5 Å². The van der Waals surface area contributed by atoms with Crippen LogP contribution in [0.25, 0.3) is 0 Å². The summed E-state index contributed by atoms with van der Waals surface area (Å²) in [5, 5.41) is 4.38. The molecule has 2 aromatic carbocycles. The molecule has 134 valence electrons. The topological polar surface area (TPSA) is 65.4 Å². The van der Waals surface area contributed by atoms with E-state index in [2.05, 4.69) is 43.0 Å². The maximum absolute atomic E-state index is 6.12. The Morgan fingerprint density at radius 3 is 2.58 bits per heavy atom. The van der Waals surface area contributed by atoms with E-state index in [1.54, 1.807) is 17.1 Å². The summed E-state index contributed by atoms with van der Waals surface area (Å²) in [7, 11) is 0. The second kappa shape index (κ2) is 7.04. The first-order valence-corrected chi connectivity index (χ1v) is 8.56. The van der Waals surface area contributed by atoms with Gasteiger partial charge in [-0.3, -0.25) is 0 Å². The number of hydrogen-bond acceptors (Lipinski definition) is 4. The molecule has 0 atom stereocenters. The zero-order chi connectivity index (χ0) is 18.7. The molecular weight excluding hydrogens is 324 g/mol. The maximum atomic E-state index is 6.12. The Bertz CT molecular complexity index is 935. The van der Waals surface area contributed by atoms with Gasteiger partial charge in [0.1, 0.15) is 11.5 Å². The number of anilines is 1. The smallest absolute Gasteiger partial charge is 0.221 e. The highest BCUT2D eigenvalue weighted by molar-refractivity contribution is 5.83. The van der Waals surface area contributed by atoms with Crippen LogP contribution in [0.3, 0.4) is 0 Å². The van der Waals surface area contributed by atoms with Gasteiger partial charge in [-0.2, -0.15) is 5.10 Å². The molecule has 2 N–H and O–H groups in total. The Kier molecular flexibility index (Phi) is 4.80. The minimum atomic E-state index is 0.0666. The fraction of sp³-hybridized carbons (Fsp3) is 0.238. The molecule has 1 heterocycles. The third-order valence-electron chi connectivity index (χ3n) is 4.00. The van der Waals surface area contributed by atoms with Gasteiger partial charge in [-0.05, 0) is 42.2 Å². The summed E-state index contributed by atoms with van der Waals surface area (Å²) in [6, 6.07) is 15.9. The minimum absolute atomic E-state index is 0.0666. The van der Waals surface area contributed by atoms with Crippen LogP contribution in [0.4, 0.5) is 5.95 Å². The van der Waals surface area contributed by atoms with Gasteiger partial charge in [0.25, 0.3) is 0 Å². The molecule has 1 aromatic heterocycles. The molecule has 0 saturated heterocycles. The summed E-state index contributed by atoms with van der Waals surface area (Å²) in [5.74, 6) is 1.89. The minimum Gasteiger partial charge on any atom is -0.457 e. The summed E-state index contributed by atoms with van der Waals surface area (Å²) in [6.07, 6.45) is 3.50. The van der Waals surface area contributed by atoms with E-state index in [0.29, 0.717) is 5.95 Å². The van der Waals surface area contributed by atoms with Gasteiger partial charge in [-0.15, -0.1) is 0 Å². The third-order valence-corrected chi connectivity index (χ3v) is 4.00. The molecule has 3 aromatic rings. The summed E-state index contributed by atoms with van der Waals surface area (Å²) in [4.78, 5) is 4.14. The van der Waals surface area contributed by atoms with E-state index in [4.69, 9.17) is 10.5 Å². The number of aromatic nitrogens is 2. The second-order valence-electron chi connectivity index (χ2n) is 7.25. The molecule has 5 nitrogen and oxygen atoms in total. The SMILES string of the molecule is Cc1cn(N=Cc2ccccc2Oc2cccc(C(C)(C)C)c2)c(N)n1. The first-order chi connectivity index (χ1) is 12.3. The van der Waals surface area contributed by atoms with Gasteiger partial charge in [-0.1, -0.05) is 45.0 Å². The van der Waals surface area contributed by atoms with Gasteiger partial charge in [0.15, 0.2) is 0 Å². The largest absolute Gasteiger partial charge is 0.457 e. The molecular formula is C21H24N4O. The number of para-hydroxylation sites is 1. The van der Waals surface area contributed by atoms with Crippen LogP contribution in [-0.2, 0) is 5.41 Å². The van der Waals surface area contributed by atoms with Gasteiger partial charge in [0.05, 0.1) is 18.1 Å². The summed E-state index contributed by atoms with van der Waals surface area (Å²) in [5.41, 5.74) is 8.81. The average molecular weight is 348 g/mol. The van der Waals surface area contributed by atoms with Crippen molar-refractivity contribution < 1.29 is 4.74 Å². The van der Waals surface area contributed by atoms with E-state index in [-0.39, 0.29) is 5.41 Å². The van der Waals surface area contributed by atoms with Crippen molar-refractivity contribution in [1.29, 1.82) is 0 Å². The molecule has 0 saturated carbocycles. The van der Waals surface area contributed by atoms with Crippen LogP contribution >= 0.6 is 0 Å². The lowest BCUT2D eigenvalue weighted by molar-refractivity contribution is 0.478. The van der Waals surface area contributed by atoms with Gasteiger partial charge in [0, 0.05) is 5.56 Å². The number of rotatable bonds is 4. The molecule has 0 aliphatic rings. The van der Waals surface area contributed by atoms with Crippen molar-refractivity contribution in [1.82, 2.24) is 9.66 Å². The van der Waals surface area contributed by atoms with Crippen LogP contribution in [0, 0.1) is 6.92 Å². The zero-order valence-corrected chi connectivity index (χ0v) is 15.6. The van der Waals surface area contributed by atoms with Crippen molar-refractivity contribution in [3.8, 4) is 11.5 Å². The molecule has 0 aliphatic heterocycles. The number of benzene rings is 2. The van der Waals surface area contributed by atoms with Gasteiger partial charge in [0.2, 0.25) is 5.95 Å². The highest BCUT2D eigenvalue weighted by Crippen LogP contribution is 2.29. The molecule has 26 heavy (non-hydrogen) atoms.